The third-order valence-corrected chi connectivity index (χ3v) is 6.09. The van der Waals surface area contributed by atoms with Crippen molar-refractivity contribution in [3.05, 3.63) is 29.8 Å². The highest BCUT2D eigenvalue weighted by atomic mass is 19.4. The monoisotopic (exact) mass is 427 g/mol. The van der Waals surface area contributed by atoms with Crippen LogP contribution in [0.25, 0.3) is 0 Å². The fourth-order valence-corrected chi connectivity index (χ4v) is 4.77. The maximum Gasteiger partial charge on any atom is 0.397 e. The van der Waals surface area contributed by atoms with E-state index in [0.29, 0.717) is 37.6 Å². The maximum atomic E-state index is 13.0. The first-order valence-electron chi connectivity index (χ1n) is 9.98. The molecule has 3 heterocycles. The normalized spacial score (nSPS) is 26.6. The van der Waals surface area contributed by atoms with E-state index in [1.807, 2.05) is 4.90 Å². The van der Waals surface area contributed by atoms with Gasteiger partial charge in [-0.15, -0.1) is 0 Å². The zero-order valence-corrected chi connectivity index (χ0v) is 16.3. The highest BCUT2D eigenvalue weighted by Crippen LogP contribution is 2.48. The first-order chi connectivity index (χ1) is 14.3. The highest BCUT2D eigenvalue weighted by molar-refractivity contribution is 5.96. The van der Waals surface area contributed by atoms with Crippen molar-refractivity contribution >= 4 is 17.5 Å². The molecule has 4 rings (SSSR count). The van der Waals surface area contributed by atoms with Crippen molar-refractivity contribution in [1.82, 2.24) is 9.80 Å². The molecule has 0 aromatic heterocycles. The minimum absolute atomic E-state index is 0.0120. The zero-order valence-electron chi connectivity index (χ0n) is 16.3. The summed E-state index contributed by atoms with van der Waals surface area (Å²) in [6.07, 6.45) is -6.16. The quantitative estimate of drug-likeness (QED) is 0.776. The predicted molar refractivity (Wildman–Crippen MR) is 101 cm³/mol. The van der Waals surface area contributed by atoms with Gasteiger partial charge >= 0.3 is 6.18 Å². The van der Waals surface area contributed by atoms with E-state index in [2.05, 4.69) is 0 Å². The number of aliphatic hydroxyl groups is 1. The number of morpholine rings is 1. The molecule has 0 radical (unpaired) electrons. The van der Waals surface area contributed by atoms with Crippen molar-refractivity contribution in [3.63, 3.8) is 0 Å². The Morgan fingerprint density at radius 3 is 2.50 bits per heavy atom. The minimum atomic E-state index is -4.61. The van der Waals surface area contributed by atoms with Crippen LogP contribution in [0.2, 0.25) is 0 Å². The van der Waals surface area contributed by atoms with E-state index in [1.165, 1.54) is 0 Å². The topological polar surface area (TPSA) is 73.3 Å². The third-order valence-electron chi connectivity index (χ3n) is 6.09. The fourth-order valence-electron chi connectivity index (χ4n) is 4.77. The number of benzene rings is 1. The first-order valence-corrected chi connectivity index (χ1v) is 9.98. The predicted octanol–water partition coefficient (Wildman–Crippen LogP) is 0.973. The molecular weight excluding hydrogens is 403 g/mol. The largest absolute Gasteiger partial charge is 0.397 e. The number of alkyl halides is 3. The van der Waals surface area contributed by atoms with Gasteiger partial charge in [0.2, 0.25) is 11.8 Å². The van der Waals surface area contributed by atoms with Crippen LogP contribution in [0.4, 0.5) is 18.9 Å². The molecule has 10 heteroatoms. The molecule has 1 aromatic carbocycles. The molecular formula is C20H24F3N3O4. The Hall–Kier alpha value is -2.17. The van der Waals surface area contributed by atoms with Gasteiger partial charge in [-0.3, -0.25) is 14.5 Å². The van der Waals surface area contributed by atoms with Crippen LogP contribution in [0.1, 0.15) is 17.9 Å². The van der Waals surface area contributed by atoms with E-state index in [1.54, 1.807) is 29.2 Å². The first kappa shape index (κ1) is 21.1. The Morgan fingerprint density at radius 2 is 1.83 bits per heavy atom. The number of carbonyl (C=O) groups is 2. The lowest BCUT2D eigenvalue weighted by Crippen LogP contribution is -2.71. The van der Waals surface area contributed by atoms with Gasteiger partial charge in [0.05, 0.1) is 38.4 Å². The lowest BCUT2D eigenvalue weighted by Gasteiger charge is -2.59. The van der Waals surface area contributed by atoms with Crippen LogP contribution in [0.15, 0.2) is 24.3 Å². The summed E-state index contributed by atoms with van der Waals surface area (Å²) in [4.78, 5) is 30.0. The average molecular weight is 427 g/mol. The van der Waals surface area contributed by atoms with Crippen molar-refractivity contribution in [3.8, 4) is 0 Å². The Labute approximate surface area is 172 Å². The second-order valence-electron chi connectivity index (χ2n) is 7.89. The summed E-state index contributed by atoms with van der Waals surface area (Å²) >= 11 is 0. The molecule has 3 aliphatic rings. The Morgan fingerprint density at radius 1 is 1.13 bits per heavy atom. The van der Waals surface area contributed by atoms with Gasteiger partial charge in [-0.2, -0.15) is 13.2 Å². The number of amides is 2. The van der Waals surface area contributed by atoms with Crippen molar-refractivity contribution in [1.29, 1.82) is 0 Å². The van der Waals surface area contributed by atoms with Crippen LogP contribution in [0.3, 0.4) is 0 Å². The molecule has 0 spiro atoms. The van der Waals surface area contributed by atoms with Crippen LogP contribution in [-0.4, -0.2) is 91.0 Å². The van der Waals surface area contributed by atoms with Gasteiger partial charge in [0, 0.05) is 31.2 Å². The zero-order chi connectivity index (χ0) is 21.5. The van der Waals surface area contributed by atoms with Gasteiger partial charge in [-0.05, 0) is 11.6 Å². The van der Waals surface area contributed by atoms with E-state index >= 15 is 0 Å². The van der Waals surface area contributed by atoms with Gasteiger partial charge in [0.25, 0.3) is 0 Å². The van der Waals surface area contributed by atoms with Gasteiger partial charge in [0.15, 0.2) is 0 Å². The highest BCUT2D eigenvalue weighted by Gasteiger charge is 2.55. The van der Waals surface area contributed by atoms with Crippen LogP contribution in [0.5, 0.6) is 0 Å². The summed E-state index contributed by atoms with van der Waals surface area (Å²) < 4.78 is 43.8. The number of halogens is 3. The van der Waals surface area contributed by atoms with E-state index in [4.69, 9.17) is 4.74 Å². The SMILES string of the molecule is O=C(CC(F)(F)F)N1C[C@@H]2[C@H](c3ccccc31)[C@H](CO)N2C(=O)CN1CCOCC1. The van der Waals surface area contributed by atoms with Gasteiger partial charge in [-0.25, -0.2) is 0 Å². The number of ether oxygens (including phenoxy) is 1. The maximum absolute atomic E-state index is 13.0. The second-order valence-corrected chi connectivity index (χ2v) is 7.89. The van der Waals surface area contributed by atoms with Crippen LogP contribution in [-0.2, 0) is 14.3 Å². The Kier molecular flexibility index (Phi) is 5.73. The summed E-state index contributed by atoms with van der Waals surface area (Å²) in [5.74, 6) is -1.45. The number of likely N-dealkylation sites (tertiary alicyclic amines) is 1. The molecule has 2 amide bonds. The van der Waals surface area contributed by atoms with E-state index < -0.39 is 30.6 Å². The molecule has 0 unspecified atom stereocenters. The molecule has 0 saturated carbocycles. The van der Waals surface area contributed by atoms with Crippen molar-refractivity contribution in [2.24, 2.45) is 0 Å². The number of para-hydroxylation sites is 1. The molecule has 2 fully saturated rings. The van der Waals surface area contributed by atoms with Crippen LogP contribution >= 0.6 is 0 Å². The molecule has 3 aliphatic heterocycles. The van der Waals surface area contributed by atoms with E-state index in [-0.39, 0.29) is 31.5 Å². The second kappa shape index (κ2) is 8.16. The van der Waals surface area contributed by atoms with Crippen molar-refractivity contribution in [2.45, 2.75) is 30.6 Å². The number of fused-ring (bicyclic) bond motifs is 3. The smallest absolute Gasteiger partial charge is 0.394 e. The molecule has 0 bridgehead atoms. The summed E-state index contributed by atoms with van der Waals surface area (Å²) in [5.41, 5.74) is 1.12. The molecule has 7 nitrogen and oxygen atoms in total. The summed E-state index contributed by atoms with van der Waals surface area (Å²) in [5, 5.41) is 9.95. The van der Waals surface area contributed by atoms with Crippen molar-refractivity contribution in [2.75, 3.05) is 50.9 Å². The Balaban J connectivity index is 1.58. The van der Waals surface area contributed by atoms with Crippen LogP contribution in [0, 0.1) is 0 Å². The Bertz CT molecular complexity index is 813. The molecule has 2 saturated heterocycles. The molecule has 1 N–H and O–H groups in total. The fraction of sp³-hybridized carbons (Fsp3) is 0.600. The number of aliphatic hydroxyl groups excluding tert-OH is 1. The van der Waals surface area contributed by atoms with Gasteiger partial charge < -0.3 is 19.6 Å². The van der Waals surface area contributed by atoms with Crippen LogP contribution < -0.4 is 4.90 Å². The van der Waals surface area contributed by atoms with Crippen molar-refractivity contribution < 1.29 is 32.6 Å². The minimum Gasteiger partial charge on any atom is -0.394 e. The molecule has 30 heavy (non-hydrogen) atoms. The molecule has 1 aromatic rings. The lowest BCUT2D eigenvalue weighted by atomic mass is 9.71. The number of hydrogen-bond acceptors (Lipinski definition) is 5. The number of carbonyl (C=O) groups excluding carboxylic acids is 2. The number of hydrogen-bond donors (Lipinski definition) is 1. The summed E-state index contributed by atoms with van der Waals surface area (Å²) in [6, 6.07) is 5.88. The lowest BCUT2D eigenvalue weighted by molar-refractivity contribution is -0.157. The van der Waals surface area contributed by atoms with Gasteiger partial charge in [0.1, 0.15) is 6.42 Å². The van der Waals surface area contributed by atoms with E-state index in [0.717, 1.165) is 4.90 Å². The third kappa shape index (κ3) is 3.91. The molecule has 0 aliphatic carbocycles. The number of rotatable bonds is 4. The molecule has 164 valence electrons. The van der Waals surface area contributed by atoms with Gasteiger partial charge in [-0.1, -0.05) is 18.2 Å². The number of nitrogens with zero attached hydrogens (tertiary/aromatic N) is 3. The standard InChI is InChI=1S/C20H24F3N3O4/c21-20(22,23)9-17(28)25-10-15-19(13-3-1-2-4-14(13)25)16(12-27)26(15)18(29)11-24-5-7-30-8-6-24/h1-4,15-16,19,27H,5-12H2/t15-,16+,19+/m1/s1. The summed E-state index contributed by atoms with van der Waals surface area (Å²) in [6.45, 7) is 2.21. The van der Waals surface area contributed by atoms with E-state index in [9.17, 15) is 27.9 Å². The summed E-state index contributed by atoms with van der Waals surface area (Å²) in [7, 11) is 0. The molecule has 3 atom stereocenters. The number of anilines is 1. The average Bonchev–Trinajstić information content (AvgIpc) is 2.67.